The van der Waals surface area contributed by atoms with Crippen molar-refractivity contribution >= 4 is 5.91 Å². The third-order valence-electron chi connectivity index (χ3n) is 4.09. The fourth-order valence-electron chi connectivity index (χ4n) is 3.04. The van der Waals surface area contributed by atoms with Crippen LogP contribution in [-0.2, 0) is 4.79 Å². The number of rotatable bonds is 5. The average molecular weight is 269 g/mol. The minimum atomic E-state index is 0.107. The molecule has 0 bridgehead atoms. The summed E-state index contributed by atoms with van der Waals surface area (Å²) in [6.45, 7) is 8.24. The van der Waals surface area contributed by atoms with Crippen LogP contribution in [-0.4, -0.2) is 44.0 Å². The van der Waals surface area contributed by atoms with E-state index in [0.29, 0.717) is 5.92 Å². The molecule has 0 saturated heterocycles. The third-order valence-corrected chi connectivity index (χ3v) is 4.09. The molecule has 0 heterocycles. The van der Waals surface area contributed by atoms with Gasteiger partial charge in [0.2, 0.25) is 5.91 Å². The van der Waals surface area contributed by atoms with Gasteiger partial charge in [-0.15, -0.1) is 0 Å². The van der Waals surface area contributed by atoms with Crippen LogP contribution < -0.4 is 11.1 Å². The molecule has 112 valence electrons. The molecule has 1 fully saturated rings. The molecule has 4 nitrogen and oxygen atoms in total. The number of nitrogens with two attached hydrogens (primary N) is 1. The molecule has 1 saturated carbocycles. The van der Waals surface area contributed by atoms with Crippen molar-refractivity contribution in [3.63, 3.8) is 0 Å². The molecule has 4 heteroatoms. The molecule has 1 amide bonds. The Morgan fingerprint density at radius 2 is 2.00 bits per heavy atom. The molecular weight excluding hydrogens is 238 g/mol. The minimum absolute atomic E-state index is 0.107. The van der Waals surface area contributed by atoms with Crippen molar-refractivity contribution in [1.82, 2.24) is 10.2 Å². The molecule has 0 aromatic rings. The lowest BCUT2D eigenvalue weighted by Gasteiger charge is -2.33. The van der Waals surface area contributed by atoms with Crippen molar-refractivity contribution in [1.29, 1.82) is 0 Å². The highest BCUT2D eigenvalue weighted by atomic mass is 16.1. The van der Waals surface area contributed by atoms with E-state index in [2.05, 4.69) is 45.1 Å². The maximum Gasteiger partial charge on any atom is 0.223 e. The summed E-state index contributed by atoms with van der Waals surface area (Å²) in [4.78, 5) is 14.4. The zero-order valence-electron chi connectivity index (χ0n) is 13.2. The van der Waals surface area contributed by atoms with Crippen LogP contribution in [0.25, 0.3) is 0 Å². The van der Waals surface area contributed by atoms with Gasteiger partial charge >= 0.3 is 0 Å². The van der Waals surface area contributed by atoms with E-state index in [4.69, 9.17) is 5.73 Å². The van der Waals surface area contributed by atoms with Gasteiger partial charge in [-0.05, 0) is 44.7 Å². The van der Waals surface area contributed by atoms with E-state index < -0.39 is 0 Å². The van der Waals surface area contributed by atoms with Gasteiger partial charge in [-0.3, -0.25) is 4.79 Å². The number of nitrogens with one attached hydrogen (secondary N) is 1. The lowest BCUT2D eigenvalue weighted by Crippen LogP contribution is -2.44. The van der Waals surface area contributed by atoms with Gasteiger partial charge in [0.25, 0.3) is 0 Å². The van der Waals surface area contributed by atoms with Gasteiger partial charge in [0.1, 0.15) is 0 Å². The normalized spacial score (nSPS) is 28.5. The third kappa shape index (κ3) is 5.49. The number of carbonyl (C=O) groups is 1. The highest BCUT2D eigenvalue weighted by molar-refractivity contribution is 5.78. The Morgan fingerprint density at radius 3 is 2.53 bits per heavy atom. The molecule has 0 aliphatic heterocycles. The van der Waals surface area contributed by atoms with Crippen molar-refractivity contribution in [2.24, 2.45) is 23.0 Å². The predicted molar refractivity (Wildman–Crippen MR) is 79.8 cm³/mol. The van der Waals surface area contributed by atoms with E-state index in [0.717, 1.165) is 32.4 Å². The highest BCUT2D eigenvalue weighted by Gasteiger charge is 2.30. The second-order valence-electron chi connectivity index (χ2n) is 7.27. The van der Waals surface area contributed by atoms with E-state index in [9.17, 15) is 4.79 Å². The summed E-state index contributed by atoms with van der Waals surface area (Å²) in [5.41, 5.74) is 6.11. The van der Waals surface area contributed by atoms with Crippen LogP contribution >= 0.6 is 0 Å². The molecule has 1 aliphatic rings. The lowest BCUT2D eigenvalue weighted by molar-refractivity contribution is -0.127. The lowest BCUT2D eigenvalue weighted by atomic mass is 9.79. The topological polar surface area (TPSA) is 58.4 Å². The molecule has 0 radical (unpaired) electrons. The van der Waals surface area contributed by atoms with Crippen LogP contribution in [0.2, 0.25) is 0 Å². The van der Waals surface area contributed by atoms with Crippen LogP contribution in [0.1, 0.15) is 40.0 Å². The minimum Gasteiger partial charge on any atom is -0.355 e. The van der Waals surface area contributed by atoms with Gasteiger partial charge in [-0.2, -0.15) is 0 Å². The zero-order chi connectivity index (χ0) is 14.6. The van der Waals surface area contributed by atoms with Crippen molar-refractivity contribution in [3.8, 4) is 0 Å². The molecule has 1 rings (SSSR count). The van der Waals surface area contributed by atoms with Gasteiger partial charge in [0.05, 0.1) is 0 Å². The fraction of sp³-hybridized carbons (Fsp3) is 0.933. The Balaban J connectivity index is 2.39. The maximum absolute atomic E-state index is 12.2. The molecule has 0 aromatic heterocycles. The molecule has 3 N–H and O–H groups in total. The van der Waals surface area contributed by atoms with Crippen molar-refractivity contribution in [3.05, 3.63) is 0 Å². The quantitative estimate of drug-likeness (QED) is 0.794. The van der Waals surface area contributed by atoms with Gasteiger partial charge < -0.3 is 16.0 Å². The molecule has 1 aliphatic carbocycles. The summed E-state index contributed by atoms with van der Waals surface area (Å²) >= 11 is 0. The van der Waals surface area contributed by atoms with Gasteiger partial charge in [-0.1, -0.05) is 20.8 Å². The summed E-state index contributed by atoms with van der Waals surface area (Å²) in [5.74, 6) is 0.829. The first-order valence-corrected chi connectivity index (χ1v) is 7.39. The Bertz CT molecular complexity index is 302. The Kier molecular flexibility index (Phi) is 5.81. The zero-order valence-corrected chi connectivity index (χ0v) is 13.2. The number of carbonyl (C=O) groups excluding carboxylic acids is 1. The monoisotopic (exact) mass is 269 g/mol. The molecule has 3 unspecified atom stereocenters. The summed E-state index contributed by atoms with van der Waals surface area (Å²) in [5, 5.41) is 3.13. The second-order valence-corrected chi connectivity index (χ2v) is 7.27. The van der Waals surface area contributed by atoms with E-state index >= 15 is 0 Å². The maximum atomic E-state index is 12.2. The largest absolute Gasteiger partial charge is 0.355 e. The van der Waals surface area contributed by atoms with Gasteiger partial charge in [-0.25, -0.2) is 0 Å². The van der Waals surface area contributed by atoms with Crippen molar-refractivity contribution in [2.75, 3.05) is 27.2 Å². The molecule has 0 spiro atoms. The van der Waals surface area contributed by atoms with E-state index in [1.54, 1.807) is 0 Å². The number of nitrogens with zero attached hydrogens (tertiary/aromatic N) is 1. The van der Waals surface area contributed by atoms with Crippen LogP contribution in [0.5, 0.6) is 0 Å². The summed E-state index contributed by atoms with van der Waals surface area (Å²) in [6, 6.07) is 0.272. The van der Waals surface area contributed by atoms with Crippen molar-refractivity contribution in [2.45, 2.75) is 46.1 Å². The molecular formula is C15H31N3O. The van der Waals surface area contributed by atoms with Crippen molar-refractivity contribution < 1.29 is 4.79 Å². The summed E-state index contributed by atoms with van der Waals surface area (Å²) in [6.07, 6.45) is 2.84. The average Bonchev–Trinajstić information content (AvgIpc) is 2.28. The Hall–Kier alpha value is -0.610. The molecule has 0 aromatic carbocycles. The van der Waals surface area contributed by atoms with Crippen LogP contribution in [0, 0.1) is 17.3 Å². The molecule has 3 atom stereocenters. The Morgan fingerprint density at radius 1 is 1.37 bits per heavy atom. The van der Waals surface area contributed by atoms with Crippen LogP contribution in [0.15, 0.2) is 0 Å². The molecule has 19 heavy (non-hydrogen) atoms. The SMILES string of the molecule is CC1CC(C(=O)NCC(C)(C)CN(C)C)CCC1N. The smallest absolute Gasteiger partial charge is 0.223 e. The van der Waals surface area contributed by atoms with Gasteiger partial charge in [0, 0.05) is 25.0 Å². The first-order chi connectivity index (χ1) is 8.71. The van der Waals surface area contributed by atoms with E-state index in [1.165, 1.54) is 0 Å². The van der Waals surface area contributed by atoms with Gasteiger partial charge in [0.15, 0.2) is 0 Å². The van der Waals surface area contributed by atoms with E-state index in [-0.39, 0.29) is 23.3 Å². The number of hydrogen-bond donors (Lipinski definition) is 2. The number of hydrogen-bond acceptors (Lipinski definition) is 3. The highest BCUT2D eigenvalue weighted by Crippen LogP contribution is 2.28. The van der Waals surface area contributed by atoms with Crippen LogP contribution in [0.3, 0.4) is 0 Å². The first kappa shape index (κ1) is 16.4. The first-order valence-electron chi connectivity index (χ1n) is 7.39. The fourth-order valence-corrected chi connectivity index (χ4v) is 3.04. The van der Waals surface area contributed by atoms with E-state index in [1.807, 2.05) is 0 Å². The number of amides is 1. The summed E-state index contributed by atoms with van der Waals surface area (Å²) < 4.78 is 0. The standard InChI is InChI=1S/C15H31N3O/c1-11-8-12(6-7-13(11)16)14(19)17-9-15(2,3)10-18(4)5/h11-13H,6-10,16H2,1-5H3,(H,17,19). The predicted octanol–water partition coefficient (Wildman–Crippen LogP) is 1.45. The summed E-state index contributed by atoms with van der Waals surface area (Å²) in [7, 11) is 4.13. The Labute approximate surface area is 118 Å². The van der Waals surface area contributed by atoms with Crippen LogP contribution in [0.4, 0.5) is 0 Å². The second kappa shape index (κ2) is 6.71.